The molecule has 1 atom stereocenters. The molecule has 0 fully saturated rings. The number of amides is 2. The Morgan fingerprint density at radius 2 is 1.64 bits per heavy atom. The van der Waals surface area contributed by atoms with Gasteiger partial charge in [0, 0.05) is 12.1 Å². The molecule has 0 saturated carbocycles. The van der Waals surface area contributed by atoms with E-state index in [2.05, 4.69) is 21.2 Å². The van der Waals surface area contributed by atoms with Crippen molar-refractivity contribution in [3.63, 3.8) is 0 Å². The lowest BCUT2D eigenvalue weighted by Gasteiger charge is -2.33. The normalized spacial score (nSPS) is 12.3. The first-order valence-electron chi connectivity index (χ1n) is 13.3. The van der Waals surface area contributed by atoms with Crippen LogP contribution < -0.4 is 19.1 Å². The quantitative estimate of drug-likeness (QED) is 0.299. The zero-order valence-corrected chi connectivity index (χ0v) is 27.4. The van der Waals surface area contributed by atoms with E-state index in [-0.39, 0.29) is 17.3 Å². The number of benzene rings is 3. The summed E-state index contributed by atoms with van der Waals surface area (Å²) in [7, 11) is -1.19. The Morgan fingerprint density at radius 1 is 0.976 bits per heavy atom. The molecule has 0 saturated heterocycles. The van der Waals surface area contributed by atoms with E-state index in [1.165, 1.54) is 24.1 Å². The van der Waals surface area contributed by atoms with Gasteiger partial charge in [-0.25, -0.2) is 8.42 Å². The molecule has 3 rings (SSSR count). The number of sulfonamides is 1. The molecule has 0 aliphatic rings. The number of carbonyl (C=O) groups is 2. The van der Waals surface area contributed by atoms with Gasteiger partial charge in [-0.15, -0.1) is 0 Å². The minimum atomic E-state index is -4.22. The number of nitrogens with one attached hydrogen (secondary N) is 1. The number of aryl methyl sites for hydroxylation is 1. The Hall–Kier alpha value is -3.57. The van der Waals surface area contributed by atoms with Gasteiger partial charge >= 0.3 is 0 Å². The summed E-state index contributed by atoms with van der Waals surface area (Å²) in [6.07, 6.45) is 0. The van der Waals surface area contributed by atoms with E-state index in [1.54, 1.807) is 62.6 Å². The van der Waals surface area contributed by atoms with E-state index in [1.807, 2.05) is 33.8 Å². The number of nitrogens with zero attached hydrogens (tertiary/aromatic N) is 2. The number of hydrogen-bond donors (Lipinski definition) is 1. The molecule has 0 spiro atoms. The van der Waals surface area contributed by atoms with Gasteiger partial charge in [0.1, 0.15) is 24.1 Å². The number of ether oxygens (including phenoxy) is 2. The van der Waals surface area contributed by atoms with Crippen molar-refractivity contribution in [2.24, 2.45) is 0 Å². The van der Waals surface area contributed by atoms with Crippen LogP contribution in [0.3, 0.4) is 0 Å². The summed E-state index contributed by atoms with van der Waals surface area (Å²) in [5.74, 6) is 0.157. The van der Waals surface area contributed by atoms with Crippen LogP contribution in [-0.4, -0.2) is 57.5 Å². The molecule has 0 aliphatic carbocycles. The van der Waals surface area contributed by atoms with E-state index in [0.717, 1.165) is 15.4 Å². The van der Waals surface area contributed by atoms with Crippen molar-refractivity contribution in [2.45, 2.75) is 57.6 Å². The lowest BCUT2D eigenvalue weighted by atomic mass is 10.1. The highest BCUT2D eigenvalue weighted by molar-refractivity contribution is 9.10. The lowest BCUT2D eigenvalue weighted by molar-refractivity contribution is -0.140. The van der Waals surface area contributed by atoms with Crippen LogP contribution in [0.5, 0.6) is 11.5 Å². The molecular formula is C31H38BrN3O6S. The molecule has 2 amide bonds. The Bertz CT molecular complexity index is 1520. The molecule has 11 heteroatoms. The third-order valence-electron chi connectivity index (χ3n) is 6.46. The number of rotatable bonds is 11. The molecule has 1 N–H and O–H groups in total. The molecule has 3 aromatic rings. The van der Waals surface area contributed by atoms with Gasteiger partial charge in [-0.1, -0.05) is 29.8 Å². The third-order valence-corrected chi connectivity index (χ3v) is 8.85. The highest BCUT2D eigenvalue weighted by Gasteiger charge is 2.33. The van der Waals surface area contributed by atoms with Crippen molar-refractivity contribution in [2.75, 3.05) is 25.1 Å². The highest BCUT2D eigenvalue weighted by Crippen LogP contribution is 2.31. The maximum Gasteiger partial charge on any atom is 0.264 e. The molecule has 0 unspecified atom stereocenters. The fraction of sp³-hybridized carbons (Fsp3) is 0.355. The maximum absolute atomic E-state index is 14.1. The fourth-order valence-electron chi connectivity index (χ4n) is 4.20. The summed E-state index contributed by atoms with van der Waals surface area (Å²) >= 11 is 3.36. The van der Waals surface area contributed by atoms with E-state index >= 15 is 0 Å². The Kier molecular flexibility index (Phi) is 10.7. The van der Waals surface area contributed by atoms with Crippen molar-refractivity contribution in [1.82, 2.24) is 10.2 Å². The number of hydrogen-bond acceptors (Lipinski definition) is 6. The zero-order chi connectivity index (χ0) is 31.2. The number of carbonyl (C=O) groups excluding carboxylic acids is 2. The number of halogens is 1. The van der Waals surface area contributed by atoms with E-state index in [0.29, 0.717) is 21.7 Å². The van der Waals surface area contributed by atoms with Crippen LogP contribution in [0.15, 0.2) is 76.1 Å². The number of methoxy groups -OCH3 is 2. The average molecular weight is 661 g/mol. The Morgan fingerprint density at radius 3 is 2.21 bits per heavy atom. The molecule has 0 aromatic heterocycles. The van der Waals surface area contributed by atoms with Crippen molar-refractivity contribution in [1.29, 1.82) is 0 Å². The van der Waals surface area contributed by atoms with Gasteiger partial charge in [-0.05, 0) is 98.6 Å². The van der Waals surface area contributed by atoms with Crippen molar-refractivity contribution in [3.8, 4) is 11.5 Å². The first kappa shape index (κ1) is 32.9. The lowest BCUT2D eigenvalue weighted by Crippen LogP contribution is -2.54. The second kappa shape index (κ2) is 13.6. The standard InChI is InChI=1S/C31H38BrN3O6S/c1-21-11-13-24(14-12-21)35(42(38,39)26-15-16-28(41-7)27(32)18-26)20-29(36)34(22(2)30(37)33-31(3,4)5)19-23-9-8-10-25(17-23)40-6/h8-18,22H,19-20H2,1-7H3,(H,33,37)/t22-/m1/s1. The molecule has 42 heavy (non-hydrogen) atoms. The monoisotopic (exact) mass is 659 g/mol. The second-order valence-electron chi connectivity index (χ2n) is 10.9. The van der Waals surface area contributed by atoms with Gasteiger partial charge in [0.2, 0.25) is 11.8 Å². The van der Waals surface area contributed by atoms with E-state index < -0.39 is 34.1 Å². The minimum Gasteiger partial charge on any atom is -0.497 e. The van der Waals surface area contributed by atoms with Gasteiger partial charge < -0.3 is 19.7 Å². The van der Waals surface area contributed by atoms with Gasteiger partial charge in [-0.2, -0.15) is 0 Å². The third kappa shape index (κ3) is 8.25. The molecule has 0 bridgehead atoms. The van der Waals surface area contributed by atoms with Crippen LogP contribution in [0, 0.1) is 6.92 Å². The molecule has 0 heterocycles. The van der Waals surface area contributed by atoms with Gasteiger partial charge in [0.05, 0.1) is 29.3 Å². The zero-order valence-electron chi connectivity index (χ0n) is 25.0. The van der Waals surface area contributed by atoms with Crippen LogP contribution in [0.25, 0.3) is 0 Å². The van der Waals surface area contributed by atoms with Crippen molar-refractivity contribution < 1.29 is 27.5 Å². The smallest absolute Gasteiger partial charge is 0.264 e. The van der Waals surface area contributed by atoms with Crippen molar-refractivity contribution >= 4 is 43.5 Å². The van der Waals surface area contributed by atoms with E-state index in [4.69, 9.17) is 9.47 Å². The first-order chi connectivity index (χ1) is 19.7. The fourth-order valence-corrected chi connectivity index (χ4v) is 6.33. The van der Waals surface area contributed by atoms with E-state index in [9.17, 15) is 18.0 Å². The highest BCUT2D eigenvalue weighted by atomic mass is 79.9. The molecule has 226 valence electrons. The summed E-state index contributed by atoms with van der Waals surface area (Å²) in [6, 6.07) is 17.5. The second-order valence-corrected chi connectivity index (χ2v) is 13.6. The summed E-state index contributed by atoms with van der Waals surface area (Å²) in [4.78, 5) is 28.7. The van der Waals surface area contributed by atoms with Crippen LogP contribution >= 0.6 is 15.9 Å². The van der Waals surface area contributed by atoms with Crippen LogP contribution in [-0.2, 0) is 26.2 Å². The summed E-state index contributed by atoms with van der Waals surface area (Å²) < 4.78 is 40.2. The molecule has 0 aliphatic heterocycles. The van der Waals surface area contributed by atoms with Crippen molar-refractivity contribution in [3.05, 3.63) is 82.3 Å². The largest absolute Gasteiger partial charge is 0.497 e. The molecule has 0 radical (unpaired) electrons. The topological polar surface area (TPSA) is 105 Å². The summed E-state index contributed by atoms with van der Waals surface area (Å²) in [5, 5.41) is 2.92. The van der Waals surface area contributed by atoms with Crippen LogP contribution in [0.4, 0.5) is 5.69 Å². The summed E-state index contributed by atoms with van der Waals surface area (Å²) in [6.45, 7) is 8.60. The maximum atomic E-state index is 14.1. The molecular weight excluding hydrogens is 622 g/mol. The summed E-state index contributed by atoms with van der Waals surface area (Å²) in [5.41, 5.74) is 1.44. The predicted molar refractivity (Wildman–Crippen MR) is 167 cm³/mol. The average Bonchev–Trinajstić information content (AvgIpc) is 2.93. The van der Waals surface area contributed by atoms with Gasteiger partial charge in [-0.3, -0.25) is 13.9 Å². The van der Waals surface area contributed by atoms with Gasteiger partial charge in [0.15, 0.2) is 0 Å². The minimum absolute atomic E-state index is 0.0265. The number of anilines is 1. The van der Waals surface area contributed by atoms with Crippen LogP contribution in [0.1, 0.15) is 38.8 Å². The molecule has 9 nitrogen and oxygen atoms in total. The SMILES string of the molecule is COc1cccc(CN(C(=O)CN(c2ccc(C)cc2)S(=O)(=O)c2ccc(OC)c(Br)c2)[C@H](C)C(=O)NC(C)(C)C)c1. The predicted octanol–water partition coefficient (Wildman–Crippen LogP) is 5.30. The first-order valence-corrected chi connectivity index (χ1v) is 15.6. The Balaban J connectivity index is 2.07. The molecule has 3 aromatic carbocycles. The Labute approximate surface area is 257 Å². The van der Waals surface area contributed by atoms with Gasteiger partial charge in [0.25, 0.3) is 10.0 Å². The van der Waals surface area contributed by atoms with Crippen LogP contribution in [0.2, 0.25) is 0 Å².